The quantitative estimate of drug-likeness (QED) is 0.475. The molecular weight excluding hydrogens is 397 g/mol. The van der Waals surface area contributed by atoms with Gasteiger partial charge in [-0.25, -0.2) is 9.37 Å². The Bertz CT molecular complexity index is 956. The van der Waals surface area contributed by atoms with E-state index in [1.54, 1.807) is 17.5 Å². The topological polar surface area (TPSA) is 71.1 Å². The van der Waals surface area contributed by atoms with Gasteiger partial charge in [0.2, 0.25) is 11.8 Å². The second-order valence-electron chi connectivity index (χ2n) is 6.03. The standard InChI is InChI=1S/C20H18FN3O2S2/c1-13-2-8-17(9-3-13)27-12-19(26)24-23-18(25)10-16-11-28-20(22-16)14-4-6-15(21)7-5-14/h2-9,11H,10,12H2,1H3,(H,23,25)(H,24,26). The predicted octanol–water partition coefficient (Wildman–Crippen LogP) is 3.74. The molecule has 0 aliphatic carbocycles. The Morgan fingerprint density at radius 1 is 1.04 bits per heavy atom. The van der Waals surface area contributed by atoms with E-state index in [4.69, 9.17) is 0 Å². The Morgan fingerprint density at radius 3 is 2.43 bits per heavy atom. The summed E-state index contributed by atoms with van der Waals surface area (Å²) >= 11 is 2.77. The summed E-state index contributed by atoms with van der Waals surface area (Å²) in [6.45, 7) is 2.00. The average molecular weight is 416 g/mol. The number of nitrogens with one attached hydrogen (secondary N) is 2. The Hall–Kier alpha value is -2.71. The maximum Gasteiger partial charge on any atom is 0.248 e. The number of carbonyl (C=O) groups excluding carboxylic acids is 2. The predicted molar refractivity (Wildman–Crippen MR) is 109 cm³/mol. The zero-order valence-electron chi connectivity index (χ0n) is 15.1. The van der Waals surface area contributed by atoms with Crippen molar-refractivity contribution in [1.29, 1.82) is 0 Å². The molecule has 5 nitrogen and oxygen atoms in total. The molecule has 2 amide bonds. The molecule has 0 atom stereocenters. The number of hydrogen-bond donors (Lipinski definition) is 2. The van der Waals surface area contributed by atoms with Crippen molar-refractivity contribution in [3.8, 4) is 10.6 Å². The number of benzene rings is 2. The first-order chi connectivity index (χ1) is 13.5. The number of thioether (sulfide) groups is 1. The minimum atomic E-state index is -0.357. The van der Waals surface area contributed by atoms with Gasteiger partial charge in [-0.2, -0.15) is 0 Å². The van der Waals surface area contributed by atoms with Crippen LogP contribution in [0.15, 0.2) is 58.8 Å². The van der Waals surface area contributed by atoms with Gasteiger partial charge in [-0.05, 0) is 43.3 Å². The van der Waals surface area contributed by atoms with E-state index in [9.17, 15) is 14.0 Å². The first-order valence-corrected chi connectivity index (χ1v) is 10.3. The number of nitrogens with zero attached hydrogens (tertiary/aromatic N) is 1. The zero-order chi connectivity index (χ0) is 19.9. The lowest BCUT2D eigenvalue weighted by Crippen LogP contribution is -2.43. The van der Waals surface area contributed by atoms with Gasteiger partial charge in [0.1, 0.15) is 10.8 Å². The third-order valence-corrected chi connectivity index (χ3v) is 5.67. The minimum absolute atomic E-state index is 0.0447. The third-order valence-electron chi connectivity index (χ3n) is 3.72. The van der Waals surface area contributed by atoms with Crippen LogP contribution in [0.2, 0.25) is 0 Å². The molecule has 3 aromatic rings. The summed E-state index contributed by atoms with van der Waals surface area (Å²) in [7, 11) is 0. The molecule has 0 aliphatic heterocycles. The lowest BCUT2D eigenvalue weighted by atomic mass is 10.2. The fourth-order valence-corrected chi connectivity index (χ4v) is 3.81. The largest absolute Gasteiger partial charge is 0.273 e. The van der Waals surface area contributed by atoms with Crippen molar-refractivity contribution in [2.75, 3.05) is 5.75 Å². The van der Waals surface area contributed by atoms with Crippen LogP contribution in [0.5, 0.6) is 0 Å². The SMILES string of the molecule is Cc1ccc(SCC(=O)NNC(=O)Cc2csc(-c3ccc(F)cc3)n2)cc1. The van der Waals surface area contributed by atoms with Crippen LogP contribution >= 0.6 is 23.1 Å². The normalized spacial score (nSPS) is 10.5. The van der Waals surface area contributed by atoms with Gasteiger partial charge in [0.25, 0.3) is 0 Å². The van der Waals surface area contributed by atoms with Crippen molar-refractivity contribution in [1.82, 2.24) is 15.8 Å². The highest BCUT2D eigenvalue weighted by Gasteiger charge is 2.10. The van der Waals surface area contributed by atoms with Crippen molar-refractivity contribution in [2.24, 2.45) is 0 Å². The van der Waals surface area contributed by atoms with E-state index in [-0.39, 0.29) is 29.8 Å². The van der Waals surface area contributed by atoms with Crippen LogP contribution in [0, 0.1) is 12.7 Å². The van der Waals surface area contributed by atoms with Gasteiger partial charge in [0.15, 0.2) is 0 Å². The van der Waals surface area contributed by atoms with Gasteiger partial charge in [0, 0.05) is 15.8 Å². The van der Waals surface area contributed by atoms with Crippen LogP contribution in [-0.2, 0) is 16.0 Å². The number of aromatic nitrogens is 1. The number of halogens is 1. The van der Waals surface area contributed by atoms with Gasteiger partial charge >= 0.3 is 0 Å². The number of amides is 2. The Morgan fingerprint density at radius 2 is 1.71 bits per heavy atom. The molecule has 2 aromatic carbocycles. The van der Waals surface area contributed by atoms with Crippen molar-refractivity contribution >= 4 is 34.9 Å². The van der Waals surface area contributed by atoms with Crippen LogP contribution in [0.4, 0.5) is 4.39 Å². The number of hydrogen-bond acceptors (Lipinski definition) is 5. The second kappa shape index (κ2) is 9.48. The van der Waals surface area contributed by atoms with Crippen LogP contribution in [0.1, 0.15) is 11.3 Å². The molecule has 144 valence electrons. The highest BCUT2D eigenvalue weighted by atomic mass is 32.2. The lowest BCUT2D eigenvalue weighted by Gasteiger charge is -2.06. The molecule has 0 fully saturated rings. The Balaban J connectivity index is 1.43. The molecule has 0 radical (unpaired) electrons. The van der Waals surface area contributed by atoms with Crippen LogP contribution in [0.25, 0.3) is 10.6 Å². The summed E-state index contributed by atoms with van der Waals surface area (Å²) in [5, 5.41) is 2.48. The van der Waals surface area contributed by atoms with Crippen molar-refractivity contribution < 1.29 is 14.0 Å². The van der Waals surface area contributed by atoms with Gasteiger partial charge < -0.3 is 0 Å². The highest BCUT2D eigenvalue weighted by molar-refractivity contribution is 8.00. The maximum absolute atomic E-state index is 13.0. The average Bonchev–Trinajstić information content (AvgIpc) is 3.15. The Labute approximate surface area is 170 Å². The van der Waals surface area contributed by atoms with Gasteiger partial charge in [-0.1, -0.05) is 17.7 Å². The second-order valence-corrected chi connectivity index (χ2v) is 7.93. The summed E-state index contributed by atoms with van der Waals surface area (Å²) in [5.41, 5.74) is 7.34. The van der Waals surface area contributed by atoms with E-state index in [0.717, 1.165) is 16.0 Å². The number of thiazole rings is 1. The summed E-state index contributed by atoms with van der Waals surface area (Å²) in [4.78, 5) is 29.2. The molecule has 1 heterocycles. The molecule has 0 aliphatic rings. The lowest BCUT2D eigenvalue weighted by molar-refractivity contribution is -0.127. The van der Waals surface area contributed by atoms with E-state index in [1.165, 1.54) is 35.2 Å². The van der Waals surface area contributed by atoms with Gasteiger partial charge in [0.05, 0.1) is 17.9 Å². The van der Waals surface area contributed by atoms with E-state index >= 15 is 0 Å². The van der Waals surface area contributed by atoms with Crippen LogP contribution in [-0.4, -0.2) is 22.6 Å². The van der Waals surface area contributed by atoms with Crippen LogP contribution < -0.4 is 10.9 Å². The zero-order valence-corrected chi connectivity index (χ0v) is 16.7. The summed E-state index contributed by atoms with van der Waals surface area (Å²) in [5.74, 6) is -0.751. The first kappa shape index (κ1) is 20.0. The molecule has 3 rings (SSSR count). The maximum atomic E-state index is 13.0. The smallest absolute Gasteiger partial charge is 0.248 e. The molecule has 0 unspecified atom stereocenters. The third kappa shape index (κ3) is 5.90. The van der Waals surface area contributed by atoms with E-state index in [1.807, 2.05) is 31.2 Å². The van der Waals surface area contributed by atoms with E-state index in [0.29, 0.717) is 10.7 Å². The molecule has 2 N–H and O–H groups in total. The summed E-state index contributed by atoms with van der Waals surface area (Å²) in [6.07, 6.45) is 0.0447. The fourth-order valence-electron chi connectivity index (χ4n) is 2.28. The first-order valence-electron chi connectivity index (χ1n) is 8.47. The minimum Gasteiger partial charge on any atom is -0.273 e. The van der Waals surface area contributed by atoms with Gasteiger partial charge in [-0.15, -0.1) is 23.1 Å². The van der Waals surface area contributed by atoms with E-state index in [2.05, 4.69) is 15.8 Å². The molecule has 0 saturated carbocycles. The van der Waals surface area contributed by atoms with Crippen LogP contribution in [0.3, 0.4) is 0 Å². The number of carbonyl (C=O) groups is 2. The molecule has 0 bridgehead atoms. The summed E-state index contributed by atoms with van der Waals surface area (Å²) in [6, 6.07) is 13.9. The Kier molecular flexibility index (Phi) is 6.78. The monoisotopic (exact) mass is 415 g/mol. The highest BCUT2D eigenvalue weighted by Crippen LogP contribution is 2.24. The van der Waals surface area contributed by atoms with E-state index < -0.39 is 0 Å². The number of rotatable bonds is 6. The fraction of sp³-hybridized carbons (Fsp3) is 0.150. The molecule has 28 heavy (non-hydrogen) atoms. The molecule has 0 spiro atoms. The van der Waals surface area contributed by atoms with Gasteiger partial charge in [-0.3, -0.25) is 20.4 Å². The molecule has 1 aromatic heterocycles. The molecular formula is C20H18FN3O2S2. The number of hydrazine groups is 1. The van der Waals surface area contributed by atoms with Crippen molar-refractivity contribution in [3.63, 3.8) is 0 Å². The molecule has 0 saturated heterocycles. The number of aryl methyl sites for hydroxylation is 1. The van der Waals surface area contributed by atoms with Crippen molar-refractivity contribution in [2.45, 2.75) is 18.2 Å². The molecule has 8 heteroatoms. The summed E-state index contributed by atoms with van der Waals surface area (Å²) < 4.78 is 13.0. The van der Waals surface area contributed by atoms with Crippen molar-refractivity contribution in [3.05, 3.63) is 71.0 Å².